The molecule has 0 fully saturated rings. The first-order chi connectivity index (χ1) is 14.0. The van der Waals surface area contributed by atoms with Crippen LogP contribution >= 0.6 is 11.6 Å². The van der Waals surface area contributed by atoms with Crippen LogP contribution in [-0.4, -0.2) is 26.5 Å². The van der Waals surface area contributed by atoms with Crippen LogP contribution in [0, 0.1) is 0 Å². The van der Waals surface area contributed by atoms with Gasteiger partial charge in [-0.05, 0) is 43.2 Å². The molecule has 0 saturated carbocycles. The summed E-state index contributed by atoms with van der Waals surface area (Å²) in [5.41, 5.74) is 10.4. The zero-order chi connectivity index (χ0) is 20.5. The van der Waals surface area contributed by atoms with Crippen molar-refractivity contribution in [3.8, 4) is 0 Å². The highest BCUT2D eigenvalue weighted by molar-refractivity contribution is 6.30. The number of carbonyl (C=O) groups is 1. The van der Waals surface area contributed by atoms with Crippen LogP contribution in [0.3, 0.4) is 0 Å². The van der Waals surface area contributed by atoms with Gasteiger partial charge in [0, 0.05) is 11.1 Å². The standard InChI is InChI=1S/C22H22ClN5O/c1-3-13(2)25-22(29)18-19-21(27-17-7-5-4-6-16(17)26-19)28(20(18)24)12-14-8-10-15(23)11-9-14/h4-11,13H,3,12,24H2,1-2H3,(H,25,29)/t13-/m1/s1. The summed E-state index contributed by atoms with van der Waals surface area (Å²) in [6.45, 7) is 4.44. The number of hydrogen-bond donors (Lipinski definition) is 2. The van der Waals surface area contributed by atoms with Crippen LogP contribution in [0.1, 0.15) is 36.2 Å². The molecule has 0 aliphatic rings. The van der Waals surface area contributed by atoms with E-state index >= 15 is 0 Å². The molecule has 4 rings (SSSR count). The maximum absolute atomic E-state index is 13.0. The second-order valence-corrected chi connectivity index (χ2v) is 7.58. The Morgan fingerprint density at radius 1 is 1.14 bits per heavy atom. The van der Waals surface area contributed by atoms with Crippen molar-refractivity contribution in [2.75, 3.05) is 5.73 Å². The van der Waals surface area contributed by atoms with Gasteiger partial charge in [-0.3, -0.25) is 4.79 Å². The van der Waals surface area contributed by atoms with Gasteiger partial charge in [-0.1, -0.05) is 42.8 Å². The van der Waals surface area contributed by atoms with Gasteiger partial charge in [0.25, 0.3) is 5.91 Å². The number of nitrogens with zero attached hydrogens (tertiary/aromatic N) is 3. The molecule has 6 nitrogen and oxygen atoms in total. The molecule has 2 aromatic carbocycles. The minimum atomic E-state index is -0.235. The third-order valence-corrected chi connectivity index (χ3v) is 5.31. The topological polar surface area (TPSA) is 85.8 Å². The van der Waals surface area contributed by atoms with Gasteiger partial charge < -0.3 is 15.6 Å². The number of fused-ring (bicyclic) bond motifs is 2. The fourth-order valence-corrected chi connectivity index (χ4v) is 3.40. The predicted octanol–water partition coefficient (Wildman–Crippen LogP) is 4.40. The van der Waals surface area contributed by atoms with E-state index in [1.165, 1.54) is 0 Å². The van der Waals surface area contributed by atoms with Gasteiger partial charge in [0.2, 0.25) is 0 Å². The predicted molar refractivity (Wildman–Crippen MR) is 117 cm³/mol. The van der Waals surface area contributed by atoms with Crippen molar-refractivity contribution in [1.29, 1.82) is 0 Å². The SMILES string of the molecule is CC[C@@H](C)NC(=O)c1c(N)n(Cc2ccc(Cl)cc2)c2nc3ccccc3nc12. The van der Waals surface area contributed by atoms with Crippen LogP contribution in [0.25, 0.3) is 22.2 Å². The van der Waals surface area contributed by atoms with E-state index in [0.29, 0.717) is 34.1 Å². The number of nitrogen functional groups attached to an aromatic ring is 1. The molecular formula is C22H22ClN5O. The highest BCUT2D eigenvalue weighted by Gasteiger charge is 2.24. The summed E-state index contributed by atoms with van der Waals surface area (Å²) >= 11 is 6.01. The molecule has 0 saturated heterocycles. The average Bonchev–Trinajstić information content (AvgIpc) is 2.98. The lowest BCUT2D eigenvalue weighted by atomic mass is 10.2. The van der Waals surface area contributed by atoms with Gasteiger partial charge in [-0.15, -0.1) is 0 Å². The van der Waals surface area contributed by atoms with Crippen molar-refractivity contribution in [3.05, 3.63) is 64.7 Å². The first-order valence-corrected chi connectivity index (χ1v) is 9.95. The molecule has 7 heteroatoms. The summed E-state index contributed by atoms with van der Waals surface area (Å²) in [6, 6.07) is 15.1. The Morgan fingerprint density at radius 3 is 2.45 bits per heavy atom. The van der Waals surface area contributed by atoms with Crippen LogP contribution in [0.15, 0.2) is 48.5 Å². The Bertz CT molecular complexity index is 1200. The maximum atomic E-state index is 13.0. The largest absolute Gasteiger partial charge is 0.384 e. The van der Waals surface area contributed by atoms with E-state index in [2.05, 4.69) is 5.32 Å². The normalized spacial score (nSPS) is 12.4. The second-order valence-electron chi connectivity index (χ2n) is 7.14. The fourth-order valence-electron chi connectivity index (χ4n) is 3.27. The Balaban J connectivity index is 1.91. The van der Waals surface area contributed by atoms with Crippen molar-refractivity contribution in [1.82, 2.24) is 19.9 Å². The van der Waals surface area contributed by atoms with Crippen molar-refractivity contribution in [3.63, 3.8) is 0 Å². The molecule has 0 radical (unpaired) electrons. The Hall–Kier alpha value is -3.12. The summed E-state index contributed by atoms with van der Waals surface area (Å²) < 4.78 is 1.84. The lowest BCUT2D eigenvalue weighted by molar-refractivity contribution is 0.0941. The number of nitrogens with two attached hydrogens (primary N) is 1. The number of carbonyl (C=O) groups excluding carboxylic acids is 1. The van der Waals surface area contributed by atoms with Crippen LogP contribution in [0.5, 0.6) is 0 Å². The Labute approximate surface area is 173 Å². The molecule has 0 aliphatic heterocycles. The molecule has 0 unspecified atom stereocenters. The van der Waals surface area contributed by atoms with Crippen LogP contribution in [-0.2, 0) is 6.54 Å². The van der Waals surface area contributed by atoms with E-state index in [1.54, 1.807) is 0 Å². The number of anilines is 1. The number of amides is 1. The minimum absolute atomic E-state index is 0.0324. The summed E-state index contributed by atoms with van der Waals surface area (Å²) in [6.07, 6.45) is 0.823. The first-order valence-electron chi connectivity index (χ1n) is 9.57. The molecule has 4 aromatic rings. The number of benzene rings is 2. The molecule has 0 spiro atoms. The van der Waals surface area contributed by atoms with E-state index in [4.69, 9.17) is 27.3 Å². The van der Waals surface area contributed by atoms with Crippen LogP contribution in [0.2, 0.25) is 5.02 Å². The quantitative estimate of drug-likeness (QED) is 0.513. The molecule has 2 aromatic heterocycles. The van der Waals surface area contributed by atoms with Crippen LogP contribution < -0.4 is 11.1 Å². The molecule has 148 valence electrons. The zero-order valence-corrected chi connectivity index (χ0v) is 17.1. The number of hydrogen-bond acceptors (Lipinski definition) is 4. The number of para-hydroxylation sites is 2. The highest BCUT2D eigenvalue weighted by Crippen LogP contribution is 2.29. The monoisotopic (exact) mass is 407 g/mol. The zero-order valence-electron chi connectivity index (χ0n) is 16.3. The second kappa shape index (κ2) is 7.72. The Morgan fingerprint density at radius 2 is 1.79 bits per heavy atom. The van der Waals surface area contributed by atoms with E-state index in [9.17, 15) is 4.79 Å². The average molecular weight is 408 g/mol. The molecule has 3 N–H and O–H groups in total. The lowest BCUT2D eigenvalue weighted by Crippen LogP contribution is -2.32. The van der Waals surface area contributed by atoms with E-state index in [1.807, 2.05) is 66.9 Å². The van der Waals surface area contributed by atoms with Gasteiger partial charge in [0.05, 0.1) is 17.6 Å². The molecular weight excluding hydrogens is 386 g/mol. The van der Waals surface area contributed by atoms with Crippen molar-refractivity contribution in [2.45, 2.75) is 32.9 Å². The van der Waals surface area contributed by atoms with Crippen LogP contribution in [0.4, 0.5) is 5.82 Å². The maximum Gasteiger partial charge on any atom is 0.257 e. The Kier molecular flexibility index (Phi) is 5.11. The fraction of sp³-hybridized carbons (Fsp3) is 0.227. The van der Waals surface area contributed by atoms with Crippen molar-refractivity contribution < 1.29 is 4.79 Å². The highest BCUT2D eigenvalue weighted by atomic mass is 35.5. The first kappa shape index (κ1) is 19.2. The summed E-state index contributed by atoms with van der Waals surface area (Å²) in [5, 5.41) is 3.66. The van der Waals surface area contributed by atoms with Crippen molar-refractivity contribution in [2.24, 2.45) is 0 Å². The number of halogens is 1. The molecule has 1 atom stereocenters. The van der Waals surface area contributed by atoms with E-state index in [-0.39, 0.29) is 11.9 Å². The van der Waals surface area contributed by atoms with Gasteiger partial charge in [0.15, 0.2) is 5.65 Å². The molecule has 0 bridgehead atoms. The summed E-state index contributed by atoms with van der Waals surface area (Å²) in [7, 11) is 0. The molecule has 29 heavy (non-hydrogen) atoms. The number of aromatic nitrogens is 3. The number of rotatable bonds is 5. The van der Waals surface area contributed by atoms with Gasteiger partial charge >= 0.3 is 0 Å². The van der Waals surface area contributed by atoms with E-state index < -0.39 is 0 Å². The molecule has 2 heterocycles. The molecule has 0 aliphatic carbocycles. The van der Waals surface area contributed by atoms with E-state index in [0.717, 1.165) is 23.0 Å². The molecule has 1 amide bonds. The third kappa shape index (κ3) is 3.63. The smallest absolute Gasteiger partial charge is 0.257 e. The lowest BCUT2D eigenvalue weighted by Gasteiger charge is -2.11. The van der Waals surface area contributed by atoms with Gasteiger partial charge in [-0.25, -0.2) is 9.97 Å². The summed E-state index contributed by atoms with van der Waals surface area (Å²) in [5.74, 6) is 0.118. The number of nitrogens with one attached hydrogen (secondary N) is 1. The van der Waals surface area contributed by atoms with Gasteiger partial charge in [0.1, 0.15) is 16.9 Å². The minimum Gasteiger partial charge on any atom is -0.384 e. The van der Waals surface area contributed by atoms with Gasteiger partial charge in [-0.2, -0.15) is 0 Å². The van der Waals surface area contributed by atoms with Crippen molar-refractivity contribution >= 4 is 45.5 Å². The third-order valence-electron chi connectivity index (χ3n) is 5.06. The summed E-state index contributed by atoms with van der Waals surface area (Å²) in [4.78, 5) is 22.5.